The van der Waals surface area contributed by atoms with Gasteiger partial charge in [0.25, 0.3) is 5.69 Å². The largest absolute Gasteiger partial charge is 0.396 e. The minimum absolute atomic E-state index is 0.0141. The van der Waals surface area contributed by atoms with Gasteiger partial charge >= 0.3 is 0 Å². The van der Waals surface area contributed by atoms with E-state index < -0.39 is 4.92 Å². The van der Waals surface area contributed by atoms with E-state index in [0.29, 0.717) is 18.7 Å². The number of nitrogens with one attached hydrogen (secondary N) is 1. The van der Waals surface area contributed by atoms with E-state index in [9.17, 15) is 14.9 Å². The highest BCUT2D eigenvalue weighted by molar-refractivity contribution is 5.92. The van der Waals surface area contributed by atoms with Crippen molar-refractivity contribution in [1.82, 2.24) is 4.90 Å². The van der Waals surface area contributed by atoms with E-state index in [1.807, 2.05) is 18.7 Å². The van der Waals surface area contributed by atoms with Crippen LogP contribution in [0.25, 0.3) is 0 Å². The molecule has 7 heteroatoms. The van der Waals surface area contributed by atoms with Gasteiger partial charge in [-0.3, -0.25) is 19.8 Å². The molecule has 21 heavy (non-hydrogen) atoms. The van der Waals surface area contributed by atoms with Crippen molar-refractivity contribution in [2.45, 2.75) is 26.3 Å². The monoisotopic (exact) mass is 295 g/mol. The van der Waals surface area contributed by atoms with Gasteiger partial charge in [0, 0.05) is 37.0 Å². The summed E-state index contributed by atoms with van der Waals surface area (Å²) in [7, 11) is 0. The predicted octanol–water partition coefficient (Wildman–Crippen LogP) is 1.63. The van der Waals surface area contributed by atoms with Crippen molar-refractivity contribution < 1.29 is 14.8 Å². The fourth-order valence-electron chi connectivity index (χ4n) is 1.85. The molecule has 0 aliphatic rings. The lowest BCUT2D eigenvalue weighted by Crippen LogP contribution is -2.38. The Morgan fingerprint density at radius 2 is 2.00 bits per heavy atom. The molecule has 1 aromatic carbocycles. The maximum absolute atomic E-state index is 12.0. The summed E-state index contributed by atoms with van der Waals surface area (Å²) in [5.41, 5.74) is 0.510. The maximum Gasteiger partial charge on any atom is 0.269 e. The van der Waals surface area contributed by atoms with Gasteiger partial charge in [-0.15, -0.1) is 0 Å². The van der Waals surface area contributed by atoms with Crippen LogP contribution in [0.4, 0.5) is 11.4 Å². The van der Waals surface area contributed by atoms with Crippen LogP contribution in [0.1, 0.15) is 20.3 Å². The second-order valence-corrected chi connectivity index (χ2v) is 4.99. The minimum atomic E-state index is -0.485. The van der Waals surface area contributed by atoms with E-state index in [4.69, 9.17) is 5.11 Å². The number of carbonyl (C=O) groups is 1. The molecule has 116 valence electrons. The van der Waals surface area contributed by atoms with Crippen molar-refractivity contribution in [1.29, 1.82) is 0 Å². The molecule has 0 spiro atoms. The maximum atomic E-state index is 12.0. The molecule has 0 atom stereocenters. The Morgan fingerprint density at radius 1 is 1.38 bits per heavy atom. The van der Waals surface area contributed by atoms with Crippen LogP contribution in [0, 0.1) is 10.1 Å². The zero-order valence-electron chi connectivity index (χ0n) is 12.3. The first-order valence-corrected chi connectivity index (χ1v) is 6.83. The van der Waals surface area contributed by atoms with Crippen LogP contribution in [0.3, 0.4) is 0 Å². The number of aliphatic hydroxyl groups excluding tert-OH is 1. The molecule has 0 radical (unpaired) electrons. The van der Waals surface area contributed by atoms with E-state index in [-0.39, 0.29) is 30.8 Å². The third-order valence-corrected chi connectivity index (χ3v) is 3.04. The Bertz CT molecular complexity index is 474. The fraction of sp³-hybridized carbons (Fsp3) is 0.500. The summed E-state index contributed by atoms with van der Waals surface area (Å²) in [5.74, 6) is -0.185. The quantitative estimate of drug-likeness (QED) is 0.561. The highest BCUT2D eigenvalue weighted by Gasteiger charge is 2.14. The number of nitro groups is 1. The zero-order chi connectivity index (χ0) is 15.8. The molecule has 1 amide bonds. The lowest BCUT2D eigenvalue weighted by molar-refractivity contribution is -0.384. The van der Waals surface area contributed by atoms with Crippen molar-refractivity contribution in [2.24, 2.45) is 0 Å². The molecule has 1 rings (SSSR count). The van der Waals surface area contributed by atoms with Gasteiger partial charge < -0.3 is 10.4 Å². The summed E-state index contributed by atoms with van der Waals surface area (Å²) in [6.45, 7) is 4.91. The number of aliphatic hydroxyl groups is 1. The first-order valence-electron chi connectivity index (χ1n) is 6.83. The second-order valence-electron chi connectivity index (χ2n) is 4.99. The van der Waals surface area contributed by atoms with Crippen LogP contribution in [0.15, 0.2) is 24.3 Å². The number of hydrogen-bond acceptors (Lipinski definition) is 5. The summed E-state index contributed by atoms with van der Waals surface area (Å²) in [4.78, 5) is 24.0. The molecule has 0 aliphatic heterocycles. The minimum Gasteiger partial charge on any atom is -0.396 e. The van der Waals surface area contributed by atoms with E-state index in [0.717, 1.165) is 0 Å². The van der Waals surface area contributed by atoms with Gasteiger partial charge in [0.1, 0.15) is 0 Å². The fourth-order valence-corrected chi connectivity index (χ4v) is 1.85. The Labute approximate surface area is 123 Å². The van der Waals surface area contributed by atoms with Gasteiger partial charge in [0.2, 0.25) is 5.91 Å². The summed E-state index contributed by atoms with van der Waals surface area (Å²) in [6.07, 6.45) is 0.614. The summed E-state index contributed by atoms with van der Waals surface area (Å²) in [5, 5.41) is 22.1. The average molecular weight is 295 g/mol. The van der Waals surface area contributed by atoms with Crippen molar-refractivity contribution in [3.63, 3.8) is 0 Å². The number of hydrogen-bond donors (Lipinski definition) is 2. The molecule has 1 aromatic rings. The topological polar surface area (TPSA) is 95.7 Å². The van der Waals surface area contributed by atoms with Crippen LogP contribution in [-0.4, -0.2) is 46.6 Å². The molecule has 0 saturated heterocycles. The molecule has 0 aromatic heterocycles. The van der Waals surface area contributed by atoms with Gasteiger partial charge in [0.05, 0.1) is 11.5 Å². The standard InChI is InChI=1S/C14H21N3O4/c1-11(2)16(8-3-9-18)10-14(19)15-12-4-6-13(7-5-12)17(20)21/h4-7,11,18H,3,8-10H2,1-2H3,(H,15,19). The van der Waals surface area contributed by atoms with Crippen LogP contribution >= 0.6 is 0 Å². The molecule has 7 nitrogen and oxygen atoms in total. The molecule has 0 aliphatic carbocycles. The van der Waals surface area contributed by atoms with Crippen LogP contribution < -0.4 is 5.32 Å². The second kappa shape index (κ2) is 8.33. The van der Waals surface area contributed by atoms with E-state index in [1.165, 1.54) is 24.3 Å². The number of carbonyl (C=O) groups excluding carboxylic acids is 1. The first-order chi connectivity index (χ1) is 9.93. The molecule has 0 saturated carbocycles. The lowest BCUT2D eigenvalue weighted by Gasteiger charge is -2.25. The van der Waals surface area contributed by atoms with Crippen LogP contribution in [0.5, 0.6) is 0 Å². The highest BCUT2D eigenvalue weighted by atomic mass is 16.6. The smallest absolute Gasteiger partial charge is 0.269 e. The van der Waals surface area contributed by atoms with Crippen LogP contribution in [-0.2, 0) is 4.79 Å². The van der Waals surface area contributed by atoms with E-state index in [1.54, 1.807) is 0 Å². The lowest BCUT2D eigenvalue weighted by atomic mass is 10.2. The molecule has 2 N–H and O–H groups in total. The van der Waals surface area contributed by atoms with Crippen LogP contribution in [0.2, 0.25) is 0 Å². The number of amides is 1. The summed E-state index contributed by atoms with van der Waals surface area (Å²) in [6, 6.07) is 5.90. The molecule has 0 fully saturated rings. The SMILES string of the molecule is CC(C)N(CCCO)CC(=O)Nc1ccc([N+](=O)[O-])cc1. The average Bonchev–Trinajstić information content (AvgIpc) is 2.43. The first kappa shape index (κ1) is 17.1. The molecule has 0 heterocycles. The summed E-state index contributed by atoms with van der Waals surface area (Å²) < 4.78 is 0. The van der Waals surface area contributed by atoms with Gasteiger partial charge in [-0.1, -0.05) is 0 Å². The van der Waals surface area contributed by atoms with E-state index in [2.05, 4.69) is 5.32 Å². The zero-order valence-corrected chi connectivity index (χ0v) is 12.3. The molecule has 0 bridgehead atoms. The number of nitro benzene ring substituents is 1. The van der Waals surface area contributed by atoms with Crippen molar-refractivity contribution in [3.05, 3.63) is 34.4 Å². The third-order valence-electron chi connectivity index (χ3n) is 3.04. The Hall–Kier alpha value is -1.99. The van der Waals surface area contributed by atoms with E-state index >= 15 is 0 Å². The number of anilines is 1. The number of rotatable bonds is 8. The van der Waals surface area contributed by atoms with Gasteiger partial charge in [0.15, 0.2) is 0 Å². The van der Waals surface area contributed by atoms with Gasteiger partial charge in [-0.05, 0) is 32.4 Å². The molecular formula is C14H21N3O4. The van der Waals surface area contributed by atoms with Crippen molar-refractivity contribution >= 4 is 17.3 Å². The predicted molar refractivity (Wildman–Crippen MR) is 80.1 cm³/mol. The number of non-ortho nitro benzene ring substituents is 1. The Balaban J connectivity index is 2.57. The molecular weight excluding hydrogens is 274 g/mol. The van der Waals surface area contributed by atoms with Gasteiger partial charge in [-0.2, -0.15) is 0 Å². The number of benzene rings is 1. The third kappa shape index (κ3) is 5.88. The normalized spacial score (nSPS) is 10.9. The Morgan fingerprint density at radius 3 is 2.48 bits per heavy atom. The van der Waals surface area contributed by atoms with Crippen molar-refractivity contribution in [2.75, 3.05) is 25.0 Å². The van der Waals surface area contributed by atoms with Gasteiger partial charge in [-0.25, -0.2) is 0 Å². The number of nitrogens with zero attached hydrogens (tertiary/aromatic N) is 2. The summed E-state index contributed by atoms with van der Waals surface area (Å²) >= 11 is 0. The Kier molecular flexibility index (Phi) is 6.77. The highest BCUT2D eigenvalue weighted by Crippen LogP contribution is 2.15. The van der Waals surface area contributed by atoms with Crippen molar-refractivity contribution in [3.8, 4) is 0 Å². The molecule has 0 unspecified atom stereocenters.